The van der Waals surface area contributed by atoms with E-state index < -0.39 is 0 Å². The van der Waals surface area contributed by atoms with Crippen LogP contribution in [0.1, 0.15) is 43.7 Å². The van der Waals surface area contributed by atoms with Crippen molar-refractivity contribution in [3.8, 4) is 11.5 Å². The molecule has 2 aromatic carbocycles. The molecule has 1 aliphatic rings. The van der Waals surface area contributed by atoms with Gasteiger partial charge in [-0.2, -0.15) is 4.99 Å². The van der Waals surface area contributed by atoms with Gasteiger partial charge in [0.05, 0.1) is 18.1 Å². The van der Waals surface area contributed by atoms with Gasteiger partial charge >= 0.3 is 0 Å². The fourth-order valence-electron chi connectivity index (χ4n) is 2.84. The summed E-state index contributed by atoms with van der Waals surface area (Å²) in [5, 5.41) is 0.281. The normalized spacial score (nSPS) is 16.0. The van der Waals surface area contributed by atoms with E-state index in [-0.39, 0.29) is 11.1 Å². The van der Waals surface area contributed by atoms with Gasteiger partial charge < -0.3 is 15.2 Å². The molecule has 2 N–H and O–H groups in total. The summed E-state index contributed by atoms with van der Waals surface area (Å²) in [6.45, 7) is 5.56. The second-order valence-electron chi connectivity index (χ2n) is 6.87. The number of hydrogen-bond acceptors (Lipinski definition) is 5. The second kappa shape index (κ2) is 10.2. The monoisotopic (exact) mass is 410 g/mol. The summed E-state index contributed by atoms with van der Waals surface area (Å²) >= 11 is 1.18. The highest BCUT2D eigenvalue weighted by molar-refractivity contribution is 8.18. The third kappa shape index (κ3) is 6.12. The molecule has 0 saturated heterocycles. The van der Waals surface area contributed by atoms with Crippen molar-refractivity contribution in [1.82, 2.24) is 0 Å². The minimum Gasteiger partial charge on any atom is -0.493 e. The molecule has 1 atom stereocenters. The van der Waals surface area contributed by atoms with Crippen LogP contribution in [0, 0.1) is 0 Å². The first-order valence-electron chi connectivity index (χ1n) is 9.79. The third-order valence-electron chi connectivity index (χ3n) is 4.68. The highest BCUT2D eigenvalue weighted by atomic mass is 32.2. The number of amidine groups is 1. The zero-order valence-corrected chi connectivity index (χ0v) is 17.6. The molecule has 5 nitrogen and oxygen atoms in total. The number of rotatable bonds is 9. The lowest BCUT2D eigenvalue weighted by Gasteiger charge is -2.11. The Morgan fingerprint density at radius 2 is 1.83 bits per heavy atom. The summed E-state index contributed by atoms with van der Waals surface area (Å²) < 4.78 is 11.6. The molecule has 0 saturated carbocycles. The summed E-state index contributed by atoms with van der Waals surface area (Å²) in [6.07, 6.45) is 3.68. The van der Waals surface area contributed by atoms with Gasteiger partial charge in [0.25, 0.3) is 5.91 Å². The smallest absolute Gasteiger partial charge is 0.286 e. The minimum absolute atomic E-state index is 0.281. The van der Waals surface area contributed by atoms with E-state index >= 15 is 0 Å². The van der Waals surface area contributed by atoms with Crippen LogP contribution in [-0.4, -0.2) is 24.3 Å². The number of nitrogens with two attached hydrogens (primary N) is 1. The molecular formula is C23H26N2O3S. The van der Waals surface area contributed by atoms with Crippen LogP contribution in [0.2, 0.25) is 0 Å². The molecule has 1 amide bonds. The van der Waals surface area contributed by atoms with E-state index in [1.807, 2.05) is 36.4 Å². The Morgan fingerprint density at radius 3 is 2.48 bits per heavy atom. The number of thioether (sulfide) groups is 1. The van der Waals surface area contributed by atoms with E-state index in [1.54, 1.807) is 6.08 Å². The molecule has 3 rings (SSSR count). The summed E-state index contributed by atoms with van der Waals surface area (Å²) in [5.74, 6) is 1.90. The fraction of sp³-hybridized carbons (Fsp3) is 0.304. The molecule has 2 aromatic rings. The van der Waals surface area contributed by atoms with Crippen molar-refractivity contribution in [3.63, 3.8) is 0 Å². The maximum Gasteiger partial charge on any atom is 0.286 e. The molecule has 0 aromatic heterocycles. The number of amides is 1. The third-order valence-corrected chi connectivity index (χ3v) is 5.49. The van der Waals surface area contributed by atoms with Gasteiger partial charge in [-0.05, 0) is 65.6 Å². The molecule has 0 fully saturated rings. The molecule has 0 spiro atoms. The molecule has 0 aliphatic carbocycles. The Morgan fingerprint density at radius 1 is 1.10 bits per heavy atom. The molecule has 152 valence electrons. The van der Waals surface area contributed by atoms with Crippen LogP contribution in [0.15, 0.2) is 58.4 Å². The topological polar surface area (TPSA) is 73.9 Å². The second-order valence-corrected chi connectivity index (χ2v) is 7.93. The predicted octanol–water partition coefficient (Wildman–Crippen LogP) is 4.98. The quantitative estimate of drug-likeness (QED) is 0.466. The number of aliphatic imine (C=N–C) groups is 1. The summed E-state index contributed by atoms with van der Waals surface area (Å²) in [5.41, 5.74) is 7.79. The Hall–Kier alpha value is -2.73. The maximum atomic E-state index is 11.7. The Kier molecular flexibility index (Phi) is 7.36. The van der Waals surface area contributed by atoms with Crippen molar-refractivity contribution >= 4 is 28.9 Å². The number of carbonyl (C=O) groups is 1. The van der Waals surface area contributed by atoms with Gasteiger partial charge in [-0.25, -0.2) is 0 Å². The fourth-order valence-corrected chi connectivity index (χ4v) is 3.52. The van der Waals surface area contributed by atoms with Crippen LogP contribution >= 0.6 is 11.8 Å². The summed E-state index contributed by atoms with van der Waals surface area (Å²) in [7, 11) is 0. The zero-order chi connectivity index (χ0) is 20.6. The van der Waals surface area contributed by atoms with Crippen LogP contribution in [0.25, 0.3) is 6.08 Å². The van der Waals surface area contributed by atoms with Crippen molar-refractivity contribution in [2.45, 2.75) is 32.6 Å². The number of nitrogens with zero attached hydrogens (tertiary/aromatic N) is 1. The molecule has 0 unspecified atom stereocenters. The van der Waals surface area contributed by atoms with E-state index in [2.05, 4.69) is 31.0 Å². The molecule has 29 heavy (non-hydrogen) atoms. The van der Waals surface area contributed by atoms with Gasteiger partial charge in [-0.3, -0.25) is 4.79 Å². The molecule has 0 bridgehead atoms. The van der Waals surface area contributed by atoms with Crippen molar-refractivity contribution in [2.75, 3.05) is 13.2 Å². The molecule has 6 heteroatoms. The van der Waals surface area contributed by atoms with Crippen molar-refractivity contribution in [1.29, 1.82) is 0 Å². The average molecular weight is 411 g/mol. The number of benzene rings is 2. The molecule has 1 aliphatic heterocycles. The number of hydrogen-bond donors (Lipinski definition) is 1. The van der Waals surface area contributed by atoms with Crippen LogP contribution < -0.4 is 15.2 Å². The SMILES string of the molecule is CC[C@H](C)c1ccc(OCCCOc2cccc(/C=C3\SC(N)=NC3=O)c2)cc1. The molecule has 1 heterocycles. The zero-order valence-electron chi connectivity index (χ0n) is 16.8. The van der Waals surface area contributed by atoms with E-state index in [1.165, 1.54) is 17.3 Å². The van der Waals surface area contributed by atoms with E-state index in [0.717, 1.165) is 29.9 Å². The van der Waals surface area contributed by atoms with Crippen LogP contribution in [0.3, 0.4) is 0 Å². The average Bonchev–Trinajstić information content (AvgIpc) is 3.04. The van der Waals surface area contributed by atoms with Gasteiger partial charge in [-0.15, -0.1) is 0 Å². The van der Waals surface area contributed by atoms with E-state index in [4.69, 9.17) is 15.2 Å². The van der Waals surface area contributed by atoms with Gasteiger partial charge in [0.15, 0.2) is 5.17 Å². The largest absolute Gasteiger partial charge is 0.493 e. The van der Waals surface area contributed by atoms with Crippen LogP contribution in [0.4, 0.5) is 0 Å². The Balaban J connectivity index is 1.43. The summed E-state index contributed by atoms with van der Waals surface area (Å²) in [4.78, 5) is 15.9. The molecule has 0 radical (unpaired) electrons. The first-order chi connectivity index (χ1) is 14.0. The van der Waals surface area contributed by atoms with E-state index in [0.29, 0.717) is 24.0 Å². The van der Waals surface area contributed by atoms with Gasteiger partial charge in [-0.1, -0.05) is 38.1 Å². The lowest BCUT2D eigenvalue weighted by atomic mass is 9.99. The lowest BCUT2D eigenvalue weighted by Crippen LogP contribution is -2.05. The van der Waals surface area contributed by atoms with Crippen molar-refractivity contribution < 1.29 is 14.3 Å². The van der Waals surface area contributed by atoms with E-state index in [9.17, 15) is 4.79 Å². The highest BCUT2D eigenvalue weighted by Crippen LogP contribution is 2.27. The first-order valence-corrected chi connectivity index (χ1v) is 10.6. The first kappa shape index (κ1) is 21.0. The van der Waals surface area contributed by atoms with Crippen molar-refractivity contribution in [2.24, 2.45) is 10.7 Å². The standard InChI is InChI=1S/C23H26N2O3S/c1-3-16(2)18-8-10-19(11-9-18)27-12-5-13-28-20-7-4-6-17(14-20)15-21-22(26)25-23(24)29-21/h4,6-11,14-16H,3,5,12-13H2,1-2H3,(H2,24,25,26)/b21-15-/t16-/m0/s1. The summed E-state index contributed by atoms with van der Waals surface area (Å²) in [6, 6.07) is 15.9. The Bertz CT molecular complexity index is 907. The molecular weight excluding hydrogens is 384 g/mol. The highest BCUT2D eigenvalue weighted by Gasteiger charge is 2.19. The Labute approximate surface area is 176 Å². The van der Waals surface area contributed by atoms with Gasteiger partial charge in [0, 0.05) is 6.42 Å². The number of ether oxygens (including phenoxy) is 2. The van der Waals surface area contributed by atoms with Crippen molar-refractivity contribution in [3.05, 3.63) is 64.6 Å². The van der Waals surface area contributed by atoms with Gasteiger partial charge in [0.1, 0.15) is 11.5 Å². The van der Waals surface area contributed by atoms with Gasteiger partial charge in [0.2, 0.25) is 0 Å². The minimum atomic E-state index is -0.298. The lowest BCUT2D eigenvalue weighted by molar-refractivity contribution is -0.113. The number of carbonyl (C=O) groups excluding carboxylic acids is 1. The van der Waals surface area contributed by atoms with Crippen LogP contribution in [-0.2, 0) is 4.79 Å². The van der Waals surface area contributed by atoms with Crippen LogP contribution in [0.5, 0.6) is 11.5 Å². The predicted molar refractivity (Wildman–Crippen MR) is 119 cm³/mol. The maximum absolute atomic E-state index is 11.7.